The Balaban J connectivity index is 2.55. The van der Waals surface area contributed by atoms with E-state index in [0.29, 0.717) is 31.8 Å². The van der Waals surface area contributed by atoms with Gasteiger partial charge >= 0.3 is 0 Å². The first-order valence-corrected chi connectivity index (χ1v) is 6.91. The zero-order valence-electron chi connectivity index (χ0n) is 12.1. The van der Waals surface area contributed by atoms with E-state index in [4.69, 9.17) is 9.47 Å². The van der Waals surface area contributed by atoms with Gasteiger partial charge in [-0.25, -0.2) is 8.78 Å². The number of rotatable bonds is 10. The number of nitrogens with one attached hydrogen (secondary N) is 1. The lowest BCUT2D eigenvalue weighted by Gasteiger charge is -2.19. The molecule has 0 fully saturated rings. The lowest BCUT2D eigenvalue weighted by atomic mass is 10.1. The second-order valence-corrected chi connectivity index (χ2v) is 4.66. The second-order valence-electron chi connectivity index (χ2n) is 4.66. The Kier molecular flexibility index (Phi) is 8.34. The van der Waals surface area contributed by atoms with E-state index in [1.54, 1.807) is 7.11 Å². The van der Waals surface area contributed by atoms with E-state index in [2.05, 4.69) is 12.2 Å². The first-order valence-electron chi connectivity index (χ1n) is 6.91. The molecule has 1 N–H and O–H groups in total. The van der Waals surface area contributed by atoms with Crippen LogP contribution in [0.5, 0.6) is 0 Å². The molecule has 1 aromatic carbocycles. The molecule has 1 atom stereocenters. The third kappa shape index (κ3) is 6.41. The molecule has 5 heteroatoms. The summed E-state index contributed by atoms with van der Waals surface area (Å²) < 4.78 is 37.2. The van der Waals surface area contributed by atoms with Gasteiger partial charge in [-0.05, 0) is 43.1 Å². The van der Waals surface area contributed by atoms with Gasteiger partial charge in [0, 0.05) is 13.2 Å². The van der Waals surface area contributed by atoms with E-state index >= 15 is 0 Å². The van der Waals surface area contributed by atoms with Crippen LogP contribution in [0.3, 0.4) is 0 Å². The zero-order chi connectivity index (χ0) is 14.8. The van der Waals surface area contributed by atoms with Crippen molar-refractivity contribution in [3.8, 4) is 0 Å². The number of ether oxygens (including phenoxy) is 2. The van der Waals surface area contributed by atoms with E-state index in [0.717, 1.165) is 25.1 Å². The number of methoxy groups -OCH3 is 1. The van der Waals surface area contributed by atoms with E-state index in [9.17, 15) is 8.78 Å². The Labute approximate surface area is 119 Å². The van der Waals surface area contributed by atoms with Crippen LogP contribution in [-0.4, -0.2) is 39.5 Å². The number of benzene rings is 1. The minimum absolute atomic E-state index is 0.0388. The summed E-state index contributed by atoms with van der Waals surface area (Å²) in [6.07, 6.45) is 1.37. The van der Waals surface area contributed by atoms with Crippen LogP contribution in [0.2, 0.25) is 0 Å². The van der Waals surface area contributed by atoms with Crippen molar-refractivity contribution in [1.82, 2.24) is 5.32 Å². The van der Waals surface area contributed by atoms with Crippen molar-refractivity contribution in [2.45, 2.75) is 25.8 Å². The molecule has 0 amide bonds. The van der Waals surface area contributed by atoms with Crippen molar-refractivity contribution in [3.05, 3.63) is 35.4 Å². The molecule has 1 rings (SSSR count). The summed E-state index contributed by atoms with van der Waals surface area (Å²) in [6.45, 7) is 4.33. The Hall–Kier alpha value is -1.04. The van der Waals surface area contributed by atoms with E-state index in [-0.39, 0.29) is 11.9 Å². The van der Waals surface area contributed by atoms with E-state index in [1.807, 2.05) is 0 Å². The zero-order valence-corrected chi connectivity index (χ0v) is 12.1. The average molecular weight is 287 g/mol. The van der Waals surface area contributed by atoms with Crippen molar-refractivity contribution < 1.29 is 18.3 Å². The van der Waals surface area contributed by atoms with E-state index in [1.165, 1.54) is 6.07 Å². The molecule has 0 aromatic heterocycles. The largest absolute Gasteiger partial charge is 0.382 e. The first kappa shape index (κ1) is 17.0. The molecule has 0 bridgehead atoms. The summed E-state index contributed by atoms with van der Waals surface area (Å²) in [6, 6.07) is 3.49. The van der Waals surface area contributed by atoms with Crippen molar-refractivity contribution in [2.24, 2.45) is 0 Å². The quantitative estimate of drug-likeness (QED) is 0.671. The molecule has 114 valence electrons. The molecule has 0 aliphatic heterocycles. The van der Waals surface area contributed by atoms with Gasteiger partial charge in [0.15, 0.2) is 0 Å². The smallest absolute Gasteiger partial charge is 0.126 e. The highest BCUT2D eigenvalue weighted by atomic mass is 19.1. The molecule has 0 spiro atoms. The Morgan fingerprint density at radius 3 is 2.75 bits per heavy atom. The van der Waals surface area contributed by atoms with Crippen LogP contribution < -0.4 is 5.32 Å². The van der Waals surface area contributed by atoms with Crippen molar-refractivity contribution in [2.75, 3.05) is 33.5 Å². The number of hydrogen-bond donors (Lipinski definition) is 1. The molecule has 0 aliphatic carbocycles. The predicted molar refractivity (Wildman–Crippen MR) is 74.8 cm³/mol. The SMILES string of the molecule is CCCNC(COCCOC)Cc1cc(F)ccc1F. The topological polar surface area (TPSA) is 30.5 Å². The third-order valence-electron chi connectivity index (χ3n) is 2.91. The molecule has 0 saturated heterocycles. The van der Waals surface area contributed by atoms with Gasteiger partial charge in [-0.15, -0.1) is 0 Å². The standard InChI is InChI=1S/C15H23F2NO2/c1-3-6-18-14(11-20-8-7-19-2)10-12-9-13(16)4-5-15(12)17/h4-5,9,14,18H,3,6-8,10-11H2,1-2H3. The molecule has 3 nitrogen and oxygen atoms in total. The molecular formula is C15H23F2NO2. The Bertz CT molecular complexity index is 388. The Morgan fingerprint density at radius 1 is 1.25 bits per heavy atom. The fourth-order valence-corrected chi connectivity index (χ4v) is 1.87. The van der Waals surface area contributed by atoms with Crippen molar-refractivity contribution in [1.29, 1.82) is 0 Å². The molecule has 1 unspecified atom stereocenters. The molecule has 0 radical (unpaired) electrons. The first-order chi connectivity index (χ1) is 9.67. The van der Waals surface area contributed by atoms with Crippen molar-refractivity contribution in [3.63, 3.8) is 0 Å². The summed E-state index contributed by atoms with van der Waals surface area (Å²) in [5.74, 6) is -0.803. The molecule has 0 aliphatic rings. The molecular weight excluding hydrogens is 264 g/mol. The highest BCUT2D eigenvalue weighted by Crippen LogP contribution is 2.12. The van der Waals surface area contributed by atoms with Crippen LogP contribution in [0.15, 0.2) is 18.2 Å². The summed E-state index contributed by atoms with van der Waals surface area (Å²) in [4.78, 5) is 0. The highest BCUT2D eigenvalue weighted by molar-refractivity contribution is 5.19. The monoisotopic (exact) mass is 287 g/mol. The lowest BCUT2D eigenvalue weighted by Crippen LogP contribution is -2.36. The summed E-state index contributed by atoms with van der Waals surface area (Å²) in [5, 5.41) is 3.29. The van der Waals surface area contributed by atoms with Gasteiger partial charge in [-0.1, -0.05) is 6.92 Å². The lowest BCUT2D eigenvalue weighted by molar-refractivity contribution is 0.0586. The maximum absolute atomic E-state index is 13.6. The van der Waals surface area contributed by atoms with Gasteiger partial charge in [-0.3, -0.25) is 0 Å². The minimum Gasteiger partial charge on any atom is -0.382 e. The van der Waals surface area contributed by atoms with Gasteiger partial charge in [0.25, 0.3) is 0 Å². The minimum atomic E-state index is -0.420. The molecule has 1 aromatic rings. The van der Waals surface area contributed by atoms with Crippen LogP contribution in [0, 0.1) is 11.6 Å². The molecule has 0 heterocycles. The molecule has 20 heavy (non-hydrogen) atoms. The maximum atomic E-state index is 13.6. The van der Waals surface area contributed by atoms with Crippen molar-refractivity contribution >= 4 is 0 Å². The average Bonchev–Trinajstić information content (AvgIpc) is 2.44. The predicted octanol–water partition coefficient (Wildman–Crippen LogP) is 2.54. The normalized spacial score (nSPS) is 12.6. The number of hydrogen-bond acceptors (Lipinski definition) is 3. The van der Waals surface area contributed by atoms with Gasteiger partial charge in [0.1, 0.15) is 11.6 Å². The fraction of sp³-hybridized carbons (Fsp3) is 0.600. The van der Waals surface area contributed by atoms with E-state index < -0.39 is 5.82 Å². The van der Waals surface area contributed by atoms with Crippen LogP contribution in [-0.2, 0) is 15.9 Å². The van der Waals surface area contributed by atoms with Crippen LogP contribution in [0.25, 0.3) is 0 Å². The van der Waals surface area contributed by atoms with Crippen LogP contribution >= 0.6 is 0 Å². The van der Waals surface area contributed by atoms with Gasteiger partial charge in [0.2, 0.25) is 0 Å². The Morgan fingerprint density at radius 2 is 2.05 bits per heavy atom. The van der Waals surface area contributed by atoms with Gasteiger partial charge < -0.3 is 14.8 Å². The number of halogens is 2. The van der Waals surface area contributed by atoms with Crippen LogP contribution in [0.1, 0.15) is 18.9 Å². The summed E-state index contributed by atoms with van der Waals surface area (Å²) in [5.41, 5.74) is 0.369. The van der Waals surface area contributed by atoms with Crippen LogP contribution in [0.4, 0.5) is 8.78 Å². The second kappa shape index (κ2) is 9.80. The fourth-order valence-electron chi connectivity index (χ4n) is 1.87. The third-order valence-corrected chi connectivity index (χ3v) is 2.91. The summed E-state index contributed by atoms with van der Waals surface area (Å²) >= 11 is 0. The molecule has 0 saturated carbocycles. The van der Waals surface area contributed by atoms with Gasteiger partial charge in [-0.2, -0.15) is 0 Å². The highest BCUT2D eigenvalue weighted by Gasteiger charge is 2.13. The maximum Gasteiger partial charge on any atom is 0.126 e. The summed E-state index contributed by atoms with van der Waals surface area (Å²) in [7, 11) is 1.61. The van der Waals surface area contributed by atoms with Gasteiger partial charge in [0.05, 0.1) is 19.8 Å².